The van der Waals surface area contributed by atoms with Crippen molar-refractivity contribution in [3.8, 4) is 0 Å². The molecule has 6 heteroatoms. The van der Waals surface area contributed by atoms with Gasteiger partial charge in [0.1, 0.15) is 5.01 Å². The van der Waals surface area contributed by atoms with Crippen LogP contribution in [0.4, 0.5) is 0 Å². The van der Waals surface area contributed by atoms with Crippen LogP contribution in [-0.2, 0) is 17.1 Å². The van der Waals surface area contributed by atoms with Gasteiger partial charge in [0, 0.05) is 18.5 Å². The molecule has 1 saturated heterocycles. The number of alkyl halides is 1. The third kappa shape index (κ3) is 5.04. The Hall–Kier alpha value is -0.650. The van der Waals surface area contributed by atoms with Gasteiger partial charge in [-0.3, -0.25) is 4.79 Å². The largest absolute Gasteiger partial charge is 0.355 e. The maximum Gasteiger partial charge on any atom is 0.226 e. The minimum absolute atomic E-state index is 0.0498. The highest BCUT2D eigenvalue weighted by Gasteiger charge is 2.15. The van der Waals surface area contributed by atoms with Gasteiger partial charge in [-0.2, -0.15) is 0 Å². The molecule has 0 radical (unpaired) electrons. The van der Waals surface area contributed by atoms with Crippen molar-refractivity contribution in [2.45, 2.75) is 32.1 Å². The van der Waals surface area contributed by atoms with Crippen LogP contribution < -0.4 is 5.32 Å². The second-order valence-corrected chi connectivity index (χ2v) is 6.67. The average Bonchev–Trinajstić information content (AvgIpc) is 3.08. The van der Waals surface area contributed by atoms with Gasteiger partial charge >= 0.3 is 0 Å². The minimum Gasteiger partial charge on any atom is -0.355 e. The fourth-order valence-corrected chi connectivity index (χ4v) is 3.47. The summed E-state index contributed by atoms with van der Waals surface area (Å²) in [5, 5.41) is 5.75. The van der Waals surface area contributed by atoms with Gasteiger partial charge in [0.2, 0.25) is 5.91 Å². The number of rotatable bonds is 7. The SMILES string of the molecule is CC(CNC(=O)Cc1nc(CCl)cs1)CN1CCCC1. The monoisotopic (exact) mass is 315 g/mol. The van der Waals surface area contributed by atoms with Crippen molar-refractivity contribution in [1.29, 1.82) is 0 Å². The van der Waals surface area contributed by atoms with Crippen LogP contribution in [0.25, 0.3) is 0 Å². The molecule has 1 atom stereocenters. The molecule has 0 bridgehead atoms. The van der Waals surface area contributed by atoms with Crippen LogP contribution in [0.15, 0.2) is 5.38 Å². The molecule has 0 aliphatic carbocycles. The Morgan fingerprint density at radius 3 is 2.95 bits per heavy atom. The average molecular weight is 316 g/mol. The van der Waals surface area contributed by atoms with Gasteiger partial charge in [-0.25, -0.2) is 4.98 Å². The maximum atomic E-state index is 11.9. The van der Waals surface area contributed by atoms with Gasteiger partial charge in [-0.15, -0.1) is 22.9 Å². The molecular formula is C14H22ClN3OS. The predicted octanol–water partition coefficient (Wildman–Crippen LogP) is 2.27. The maximum absolute atomic E-state index is 11.9. The Balaban J connectivity index is 1.66. The van der Waals surface area contributed by atoms with Crippen molar-refractivity contribution in [2.24, 2.45) is 5.92 Å². The van der Waals surface area contributed by atoms with E-state index in [4.69, 9.17) is 11.6 Å². The summed E-state index contributed by atoms with van der Waals surface area (Å²) in [4.78, 5) is 18.6. The summed E-state index contributed by atoms with van der Waals surface area (Å²) in [5.41, 5.74) is 0.849. The second-order valence-electron chi connectivity index (χ2n) is 5.46. The molecule has 1 aromatic heterocycles. The first-order valence-electron chi connectivity index (χ1n) is 7.15. The number of carbonyl (C=O) groups is 1. The van der Waals surface area contributed by atoms with E-state index in [2.05, 4.69) is 22.1 Å². The fourth-order valence-electron chi connectivity index (χ4n) is 2.45. The topological polar surface area (TPSA) is 45.2 Å². The van der Waals surface area contributed by atoms with Gasteiger partial charge in [-0.05, 0) is 31.8 Å². The first kappa shape index (κ1) is 15.7. The van der Waals surface area contributed by atoms with E-state index in [1.807, 2.05) is 5.38 Å². The van der Waals surface area contributed by atoms with E-state index in [9.17, 15) is 4.79 Å². The van der Waals surface area contributed by atoms with Crippen molar-refractivity contribution in [2.75, 3.05) is 26.2 Å². The molecule has 1 aliphatic heterocycles. The summed E-state index contributed by atoms with van der Waals surface area (Å²) in [6, 6.07) is 0. The zero-order valence-electron chi connectivity index (χ0n) is 11.9. The van der Waals surface area contributed by atoms with Gasteiger partial charge in [0.05, 0.1) is 18.0 Å². The number of hydrogen-bond donors (Lipinski definition) is 1. The summed E-state index contributed by atoms with van der Waals surface area (Å²) in [7, 11) is 0. The Morgan fingerprint density at radius 2 is 2.30 bits per heavy atom. The summed E-state index contributed by atoms with van der Waals surface area (Å²) in [6.45, 7) is 6.42. The summed E-state index contributed by atoms with van der Waals surface area (Å²) < 4.78 is 0. The smallest absolute Gasteiger partial charge is 0.226 e. The molecular weight excluding hydrogens is 294 g/mol. The van der Waals surface area contributed by atoms with Crippen LogP contribution in [0.5, 0.6) is 0 Å². The molecule has 1 unspecified atom stereocenters. The van der Waals surface area contributed by atoms with Crippen molar-refractivity contribution >= 4 is 28.8 Å². The lowest BCUT2D eigenvalue weighted by atomic mass is 10.1. The van der Waals surface area contributed by atoms with Gasteiger partial charge in [0.25, 0.3) is 0 Å². The quantitative estimate of drug-likeness (QED) is 0.785. The number of hydrogen-bond acceptors (Lipinski definition) is 4. The van der Waals surface area contributed by atoms with Gasteiger partial charge < -0.3 is 10.2 Å². The number of nitrogens with zero attached hydrogens (tertiary/aromatic N) is 2. The lowest BCUT2D eigenvalue weighted by molar-refractivity contribution is -0.120. The first-order chi connectivity index (χ1) is 9.67. The van der Waals surface area contributed by atoms with E-state index in [1.54, 1.807) is 0 Å². The second kappa shape index (κ2) is 7.96. The van der Waals surface area contributed by atoms with E-state index in [0.717, 1.165) is 23.8 Å². The standard InChI is InChI=1S/C14H22ClN3OS/c1-11(9-18-4-2-3-5-18)8-16-13(19)6-14-17-12(7-15)10-20-14/h10-11H,2-9H2,1H3,(H,16,19). The van der Waals surface area contributed by atoms with Crippen molar-refractivity contribution in [3.63, 3.8) is 0 Å². The van der Waals surface area contributed by atoms with Crippen molar-refractivity contribution in [3.05, 3.63) is 16.1 Å². The van der Waals surface area contributed by atoms with Crippen LogP contribution in [0.1, 0.15) is 30.5 Å². The lowest BCUT2D eigenvalue weighted by Crippen LogP contribution is -2.35. The van der Waals surface area contributed by atoms with E-state index in [1.165, 1.54) is 37.3 Å². The van der Waals surface area contributed by atoms with Crippen LogP contribution in [0, 0.1) is 5.92 Å². The molecule has 1 fully saturated rings. The first-order valence-corrected chi connectivity index (χ1v) is 8.57. The molecule has 0 aromatic carbocycles. The molecule has 1 N–H and O–H groups in total. The van der Waals surface area contributed by atoms with Gasteiger partial charge in [0.15, 0.2) is 0 Å². The summed E-state index contributed by atoms with van der Waals surface area (Å²) >= 11 is 7.20. The van der Waals surface area contributed by atoms with Crippen LogP contribution in [0.3, 0.4) is 0 Å². The molecule has 2 heterocycles. The molecule has 20 heavy (non-hydrogen) atoms. The Bertz CT molecular complexity index is 432. The molecule has 112 valence electrons. The Labute approximate surface area is 129 Å². The van der Waals surface area contributed by atoms with E-state index >= 15 is 0 Å². The number of aromatic nitrogens is 1. The number of nitrogens with one attached hydrogen (secondary N) is 1. The van der Waals surface area contributed by atoms with Crippen molar-refractivity contribution < 1.29 is 4.79 Å². The van der Waals surface area contributed by atoms with Crippen LogP contribution in [0.2, 0.25) is 0 Å². The highest BCUT2D eigenvalue weighted by molar-refractivity contribution is 7.09. The molecule has 0 saturated carbocycles. The van der Waals surface area contributed by atoms with Crippen LogP contribution >= 0.6 is 22.9 Å². The highest BCUT2D eigenvalue weighted by Crippen LogP contribution is 2.12. The number of carbonyl (C=O) groups excluding carboxylic acids is 1. The zero-order valence-corrected chi connectivity index (χ0v) is 13.5. The van der Waals surface area contributed by atoms with Gasteiger partial charge in [-0.1, -0.05) is 6.92 Å². The third-order valence-corrected chi connectivity index (χ3v) is 4.64. The third-order valence-electron chi connectivity index (χ3n) is 3.46. The number of halogens is 1. The normalized spacial score (nSPS) is 17.3. The molecule has 0 spiro atoms. The minimum atomic E-state index is 0.0498. The highest BCUT2D eigenvalue weighted by atomic mass is 35.5. The Morgan fingerprint density at radius 1 is 1.55 bits per heavy atom. The summed E-state index contributed by atoms with van der Waals surface area (Å²) in [6.07, 6.45) is 2.98. The lowest BCUT2D eigenvalue weighted by Gasteiger charge is -2.20. The molecule has 4 nitrogen and oxygen atoms in total. The van der Waals surface area contributed by atoms with E-state index in [0.29, 0.717) is 18.2 Å². The molecule has 1 aromatic rings. The van der Waals surface area contributed by atoms with E-state index in [-0.39, 0.29) is 5.91 Å². The molecule has 2 rings (SSSR count). The van der Waals surface area contributed by atoms with Crippen molar-refractivity contribution in [1.82, 2.24) is 15.2 Å². The summed E-state index contributed by atoms with van der Waals surface area (Å²) in [5.74, 6) is 0.950. The fraction of sp³-hybridized carbons (Fsp3) is 0.714. The predicted molar refractivity (Wildman–Crippen MR) is 83.2 cm³/mol. The Kier molecular flexibility index (Phi) is 6.26. The van der Waals surface area contributed by atoms with Crippen LogP contribution in [-0.4, -0.2) is 42.0 Å². The number of likely N-dealkylation sites (tertiary alicyclic amines) is 1. The number of amides is 1. The molecule has 1 aliphatic rings. The zero-order chi connectivity index (χ0) is 14.4. The molecule has 1 amide bonds. The van der Waals surface area contributed by atoms with E-state index < -0.39 is 0 Å². The number of thiazole rings is 1.